The zero-order chi connectivity index (χ0) is 13.4. The quantitative estimate of drug-likeness (QED) is 0.935. The van der Waals surface area contributed by atoms with Crippen molar-refractivity contribution in [3.8, 4) is 17.0 Å². The van der Waals surface area contributed by atoms with E-state index in [1.54, 1.807) is 18.9 Å². The van der Waals surface area contributed by atoms with E-state index in [0.717, 1.165) is 45.7 Å². The van der Waals surface area contributed by atoms with E-state index >= 15 is 0 Å². The molecule has 5 heteroatoms. The summed E-state index contributed by atoms with van der Waals surface area (Å²) in [6, 6.07) is 6.00. The molecule has 1 aliphatic rings. The third kappa shape index (κ3) is 2.03. The minimum absolute atomic E-state index is 0.0218. The molecule has 0 fully saturated rings. The molecule has 0 bridgehead atoms. The van der Waals surface area contributed by atoms with Crippen molar-refractivity contribution < 1.29 is 9.84 Å². The van der Waals surface area contributed by atoms with E-state index in [-0.39, 0.29) is 6.61 Å². The molecule has 1 aromatic heterocycles. The minimum atomic E-state index is 0.0218. The number of aliphatic hydroxyl groups is 1. The number of methoxy groups -OCH3 is 1. The van der Waals surface area contributed by atoms with Gasteiger partial charge in [-0.05, 0) is 30.7 Å². The van der Waals surface area contributed by atoms with E-state index in [1.165, 1.54) is 0 Å². The number of benzene rings is 1. The molecule has 4 nitrogen and oxygen atoms in total. The number of thioether (sulfide) groups is 1. The van der Waals surface area contributed by atoms with Gasteiger partial charge in [0.1, 0.15) is 5.75 Å². The summed E-state index contributed by atoms with van der Waals surface area (Å²) in [5, 5.41) is 10.6. The van der Waals surface area contributed by atoms with Gasteiger partial charge < -0.3 is 14.4 Å². The second-order valence-corrected chi connectivity index (χ2v) is 5.59. The smallest absolute Gasteiger partial charge is 0.168 e. The summed E-state index contributed by atoms with van der Waals surface area (Å²) in [7, 11) is 1.67. The number of fused-ring (bicyclic) bond motifs is 1. The average Bonchev–Trinajstić information content (AvgIpc) is 2.98. The van der Waals surface area contributed by atoms with E-state index in [4.69, 9.17) is 4.74 Å². The predicted molar refractivity (Wildman–Crippen MR) is 75.6 cm³/mol. The van der Waals surface area contributed by atoms with Crippen LogP contribution >= 0.6 is 11.8 Å². The molecular weight excluding hydrogens is 260 g/mol. The Bertz CT molecular complexity index is 622. The highest BCUT2D eigenvalue weighted by Gasteiger charge is 2.22. The van der Waals surface area contributed by atoms with Crippen LogP contribution in [-0.4, -0.2) is 27.5 Å². The van der Waals surface area contributed by atoms with Crippen LogP contribution in [0.1, 0.15) is 11.3 Å². The van der Waals surface area contributed by atoms with Gasteiger partial charge in [0.25, 0.3) is 0 Å². The highest BCUT2D eigenvalue weighted by molar-refractivity contribution is 7.99. The number of ether oxygens (including phenoxy) is 1. The molecule has 100 valence electrons. The van der Waals surface area contributed by atoms with E-state index in [2.05, 4.69) is 15.6 Å². The molecule has 0 spiro atoms. The van der Waals surface area contributed by atoms with Crippen molar-refractivity contribution in [3.63, 3.8) is 0 Å². The lowest BCUT2D eigenvalue weighted by molar-refractivity contribution is 0.271. The summed E-state index contributed by atoms with van der Waals surface area (Å²) in [5.74, 6) is 1.91. The number of imidazole rings is 1. The molecule has 2 aromatic rings. The molecule has 2 heterocycles. The Balaban J connectivity index is 2.09. The molecular formula is C14H16N2O2S. The van der Waals surface area contributed by atoms with Gasteiger partial charge in [-0.2, -0.15) is 0 Å². The number of hydrogen-bond acceptors (Lipinski definition) is 4. The zero-order valence-corrected chi connectivity index (χ0v) is 11.8. The Morgan fingerprint density at radius 3 is 3.00 bits per heavy atom. The van der Waals surface area contributed by atoms with Crippen molar-refractivity contribution in [1.82, 2.24) is 9.55 Å². The highest BCUT2D eigenvalue weighted by atomic mass is 32.2. The Labute approximate surface area is 116 Å². The third-order valence-electron chi connectivity index (χ3n) is 3.40. The maximum absolute atomic E-state index is 9.61. The van der Waals surface area contributed by atoms with Crippen LogP contribution in [0.5, 0.6) is 5.75 Å². The van der Waals surface area contributed by atoms with Gasteiger partial charge in [-0.3, -0.25) is 0 Å². The van der Waals surface area contributed by atoms with Gasteiger partial charge in [0.05, 0.1) is 25.1 Å². The van der Waals surface area contributed by atoms with Crippen LogP contribution in [0.4, 0.5) is 0 Å². The fourth-order valence-corrected chi connectivity index (χ4v) is 3.42. The van der Waals surface area contributed by atoms with Crippen LogP contribution in [0.3, 0.4) is 0 Å². The number of nitrogens with zero attached hydrogens (tertiary/aromatic N) is 2. The normalized spacial score (nSPS) is 13.6. The second-order valence-electron chi connectivity index (χ2n) is 4.53. The molecule has 0 amide bonds. The van der Waals surface area contributed by atoms with Crippen molar-refractivity contribution in [2.24, 2.45) is 0 Å². The number of rotatable bonds is 3. The van der Waals surface area contributed by atoms with Gasteiger partial charge in [-0.15, -0.1) is 0 Å². The summed E-state index contributed by atoms with van der Waals surface area (Å²) in [5.41, 5.74) is 3.90. The molecule has 1 aliphatic heterocycles. The molecule has 0 saturated heterocycles. The average molecular weight is 276 g/mol. The van der Waals surface area contributed by atoms with Crippen molar-refractivity contribution in [2.45, 2.75) is 25.2 Å². The summed E-state index contributed by atoms with van der Waals surface area (Å²) in [6.07, 6.45) is 0. The SMILES string of the molecule is COc1ccc(-c2nc3n(c2CO)CCS3)cc1C. The molecule has 19 heavy (non-hydrogen) atoms. The summed E-state index contributed by atoms with van der Waals surface area (Å²) in [6.45, 7) is 2.96. The molecule has 3 rings (SSSR count). The summed E-state index contributed by atoms with van der Waals surface area (Å²) >= 11 is 1.74. The van der Waals surface area contributed by atoms with Crippen LogP contribution in [0.2, 0.25) is 0 Å². The monoisotopic (exact) mass is 276 g/mol. The third-order valence-corrected chi connectivity index (χ3v) is 4.36. The van der Waals surface area contributed by atoms with Gasteiger partial charge >= 0.3 is 0 Å². The fourth-order valence-electron chi connectivity index (χ4n) is 2.45. The Kier molecular flexibility index (Phi) is 3.24. The molecule has 0 radical (unpaired) electrons. The number of aliphatic hydroxyl groups excluding tert-OH is 1. The topological polar surface area (TPSA) is 47.3 Å². The first-order valence-electron chi connectivity index (χ1n) is 6.22. The largest absolute Gasteiger partial charge is 0.496 e. The van der Waals surface area contributed by atoms with Crippen LogP contribution in [-0.2, 0) is 13.2 Å². The standard InChI is InChI=1S/C14H16N2O2S/c1-9-7-10(3-4-12(9)18-2)13-11(8-17)16-5-6-19-14(16)15-13/h3-4,7,17H,5-6,8H2,1-2H3. The van der Waals surface area contributed by atoms with Gasteiger partial charge in [-0.1, -0.05) is 11.8 Å². The molecule has 0 aliphatic carbocycles. The maximum atomic E-state index is 9.61. The van der Waals surface area contributed by atoms with E-state index in [0.29, 0.717) is 0 Å². The van der Waals surface area contributed by atoms with Crippen molar-refractivity contribution in [2.75, 3.05) is 12.9 Å². The van der Waals surface area contributed by atoms with Gasteiger partial charge in [0, 0.05) is 17.9 Å². The number of hydrogen-bond donors (Lipinski definition) is 1. The lowest BCUT2D eigenvalue weighted by Crippen LogP contribution is -2.01. The van der Waals surface area contributed by atoms with E-state index in [1.807, 2.05) is 19.1 Å². The fraction of sp³-hybridized carbons (Fsp3) is 0.357. The lowest BCUT2D eigenvalue weighted by atomic mass is 10.1. The van der Waals surface area contributed by atoms with Gasteiger partial charge in [-0.25, -0.2) is 4.98 Å². The van der Waals surface area contributed by atoms with Crippen LogP contribution in [0, 0.1) is 6.92 Å². The van der Waals surface area contributed by atoms with Crippen molar-refractivity contribution >= 4 is 11.8 Å². The number of aryl methyl sites for hydroxylation is 1. The molecule has 1 N–H and O–H groups in total. The molecule has 0 unspecified atom stereocenters. The Morgan fingerprint density at radius 1 is 1.47 bits per heavy atom. The van der Waals surface area contributed by atoms with Gasteiger partial charge in [0.2, 0.25) is 0 Å². The molecule has 1 aromatic carbocycles. The molecule has 0 atom stereocenters. The molecule has 0 saturated carbocycles. The van der Waals surface area contributed by atoms with E-state index < -0.39 is 0 Å². The highest BCUT2D eigenvalue weighted by Crippen LogP contribution is 2.34. The van der Waals surface area contributed by atoms with Crippen LogP contribution < -0.4 is 4.74 Å². The first-order chi connectivity index (χ1) is 9.24. The van der Waals surface area contributed by atoms with Crippen molar-refractivity contribution in [1.29, 1.82) is 0 Å². The van der Waals surface area contributed by atoms with Crippen LogP contribution in [0.25, 0.3) is 11.3 Å². The first kappa shape index (κ1) is 12.6. The Morgan fingerprint density at radius 2 is 2.32 bits per heavy atom. The van der Waals surface area contributed by atoms with E-state index in [9.17, 15) is 5.11 Å². The Hall–Kier alpha value is -1.46. The van der Waals surface area contributed by atoms with Crippen LogP contribution in [0.15, 0.2) is 23.4 Å². The second kappa shape index (κ2) is 4.90. The summed E-state index contributed by atoms with van der Waals surface area (Å²) in [4.78, 5) is 4.65. The number of aromatic nitrogens is 2. The van der Waals surface area contributed by atoms with Gasteiger partial charge in [0.15, 0.2) is 5.16 Å². The summed E-state index contributed by atoms with van der Waals surface area (Å²) < 4.78 is 7.39. The minimum Gasteiger partial charge on any atom is -0.496 e. The maximum Gasteiger partial charge on any atom is 0.168 e. The predicted octanol–water partition coefficient (Wildman–Crippen LogP) is 2.47. The lowest BCUT2D eigenvalue weighted by Gasteiger charge is -2.08. The zero-order valence-electron chi connectivity index (χ0n) is 11.0. The first-order valence-corrected chi connectivity index (χ1v) is 7.21. The van der Waals surface area contributed by atoms with Crippen molar-refractivity contribution in [3.05, 3.63) is 29.5 Å².